The number of carbonyl (C=O) groups excluding carboxylic acids is 1. The lowest BCUT2D eigenvalue weighted by Gasteiger charge is -2.28. The standard InChI is InChI=1S/C30H20O10/c31-15-5-1-13(2-6-15)22-11-20(36)26-24(39-22)12-21(37)27(29(26)38)28-18(34)9-17(33)25-19(35)10-23(40-30(25)28)14-3-7-16(32)8-4-14/h1-9,11-12,23,31-34,37-38H,10H2. The largest absolute Gasteiger partial charge is 0.508 e. The molecule has 1 aliphatic heterocycles. The van der Waals surface area contributed by atoms with E-state index in [0.717, 1.165) is 18.2 Å². The third-order valence-corrected chi connectivity index (χ3v) is 6.79. The lowest BCUT2D eigenvalue weighted by molar-refractivity contribution is 0.0846. The number of fused-ring (bicyclic) bond motifs is 2. The topological polar surface area (TPSA) is 178 Å². The predicted octanol–water partition coefficient (Wildman–Crippen LogP) is 5.07. The Morgan fingerprint density at radius 2 is 1.27 bits per heavy atom. The lowest BCUT2D eigenvalue weighted by Crippen LogP contribution is -2.21. The van der Waals surface area contributed by atoms with Crippen molar-refractivity contribution in [2.75, 3.05) is 0 Å². The second kappa shape index (κ2) is 8.98. The van der Waals surface area contributed by atoms with Crippen LogP contribution in [0.5, 0.6) is 40.2 Å². The number of ether oxygens (including phenoxy) is 1. The number of hydrogen-bond donors (Lipinski definition) is 6. The maximum absolute atomic E-state index is 13.1. The molecular formula is C30H20O10. The molecule has 10 nitrogen and oxygen atoms in total. The van der Waals surface area contributed by atoms with Crippen molar-refractivity contribution in [3.63, 3.8) is 0 Å². The fraction of sp³-hybridized carbons (Fsp3) is 0.0667. The van der Waals surface area contributed by atoms with E-state index in [1.807, 2.05) is 0 Å². The second-order valence-electron chi connectivity index (χ2n) is 9.33. The number of phenols is 6. The van der Waals surface area contributed by atoms with Crippen LogP contribution in [0.1, 0.15) is 28.4 Å². The molecule has 1 unspecified atom stereocenters. The summed E-state index contributed by atoms with van der Waals surface area (Å²) in [5.74, 6) is -3.27. The van der Waals surface area contributed by atoms with Gasteiger partial charge in [0.1, 0.15) is 68.6 Å². The van der Waals surface area contributed by atoms with Crippen molar-refractivity contribution in [2.24, 2.45) is 0 Å². The van der Waals surface area contributed by atoms with Crippen LogP contribution in [-0.4, -0.2) is 36.4 Å². The highest BCUT2D eigenvalue weighted by atomic mass is 16.5. The molecule has 6 rings (SSSR count). The van der Waals surface area contributed by atoms with E-state index in [9.17, 15) is 40.2 Å². The van der Waals surface area contributed by atoms with Gasteiger partial charge in [0.15, 0.2) is 11.2 Å². The van der Waals surface area contributed by atoms with Gasteiger partial charge < -0.3 is 39.8 Å². The van der Waals surface area contributed by atoms with Crippen molar-refractivity contribution in [3.05, 3.63) is 88.1 Å². The molecule has 6 N–H and O–H groups in total. The Morgan fingerprint density at radius 1 is 0.675 bits per heavy atom. The molecule has 5 aromatic rings. The molecule has 1 atom stereocenters. The number of rotatable bonds is 3. The molecule has 1 aromatic heterocycles. The van der Waals surface area contributed by atoms with Crippen LogP contribution in [0.15, 0.2) is 75.9 Å². The number of ketones is 1. The van der Waals surface area contributed by atoms with Crippen molar-refractivity contribution < 1.29 is 44.6 Å². The van der Waals surface area contributed by atoms with E-state index in [4.69, 9.17) is 9.15 Å². The van der Waals surface area contributed by atoms with Crippen LogP contribution in [0.3, 0.4) is 0 Å². The highest BCUT2D eigenvalue weighted by Gasteiger charge is 2.36. The Hall–Kier alpha value is -5.64. The average molecular weight is 540 g/mol. The normalized spacial score (nSPS) is 14.6. The molecule has 200 valence electrons. The Kier molecular flexibility index (Phi) is 5.54. The first kappa shape index (κ1) is 24.7. The summed E-state index contributed by atoms with van der Waals surface area (Å²) in [7, 11) is 0. The fourth-order valence-electron chi connectivity index (χ4n) is 4.89. The summed E-state index contributed by atoms with van der Waals surface area (Å²) >= 11 is 0. The SMILES string of the molecule is O=C1CC(c2ccc(O)cc2)Oc2c1c(O)cc(O)c2-c1c(O)cc2oc(-c3ccc(O)cc3)cc(=O)c2c1O. The van der Waals surface area contributed by atoms with E-state index in [0.29, 0.717) is 11.1 Å². The Balaban J connectivity index is 1.56. The van der Waals surface area contributed by atoms with Crippen molar-refractivity contribution in [1.29, 1.82) is 0 Å². The smallest absolute Gasteiger partial charge is 0.197 e. The highest BCUT2D eigenvalue weighted by Crippen LogP contribution is 2.54. The second-order valence-corrected chi connectivity index (χ2v) is 9.33. The zero-order valence-electron chi connectivity index (χ0n) is 20.5. The molecule has 0 spiro atoms. The summed E-state index contributed by atoms with van der Waals surface area (Å²) in [5, 5.41) is 62.4. The van der Waals surface area contributed by atoms with Crippen LogP contribution in [0.4, 0.5) is 0 Å². The number of phenolic OH excluding ortho intramolecular Hbond substituents is 6. The van der Waals surface area contributed by atoms with E-state index < -0.39 is 45.9 Å². The first-order chi connectivity index (χ1) is 19.1. The molecule has 4 aromatic carbocycles. The van der Waals surface area contributed by atoms with Crippen LogP contribution >= 0.6 is 0 Å². The van der Waals surface area contributed by atoms with Crippen molar-refractivity contribution in [2.45, 2.75) is 12.5 Å². The van der Waals surface area contributed by atoms with Crippen LogP contribution in [0, 0.1) is 0 Å². The van der Waals surface area contributed by atoms with E-state index >= 15 is 0 Å². The summed E-state index contributed by atoms with van der Waals surface area (Å²) in [6.07, 6.45) is -1.06. The van der Waals surface area contributed by atoms with E-state index in [-0.39, 0.29) is 51.5 Å². The van der Waals surface area contributed by atoms with Gasteiger partial charge in [0.2, 0.25) is 0 Å². The number of benzene rings is 4. The maximum Gasteiger partial charge on any atom is 0.197 e. The fourth-order valence-corrected chi connectivity index (χ4v) is 4.89. The zero-order valence-corrected chi connectivity index (χ0v) is 20.5. The molecule has 0 fully saturated rings. The quantitative estimate of drug-likeness (QED) is 0.181. The first-order valence-corrected chi connectivity index (χ1v) is 12.0. The lowest BCUT2D eigenvalue weighted by atomic mass is 9.90. The molecule has 10 heteroatoms. The molecule has 0 saturated heterocycles. The summed E-state index contributed by atoms with van der Waals surface area (Å²) in [6, 6.07) is 14.8. The summed E-state index contributed by atoms with van der Waals surface area (Å²) in [6.45, 7) is 0. The molecular weight excluding hydrogens is 520 g/mol. The average Bonchev–Trinajstić information content (AvgIpc) is 2.90. The van der Waals surface area contributed by atoms with Crippen molar-refractivity contribution in [1.82, 2.24) is 0 Å². The molecule has 40 heavy (non-hydrogen) atoms. The highest BCUT2D eigenvalue weighted by molar-refractivity contribution is 6.07. The molecule has 0 bridgehead atoms. The maximum atomic E-state index is 13.1. The van der Waals surface area contributed by atoms with Crippen molar-refractivity contribution >= 4 is 16.8 Å². The van der Waals surface area contributed by atoms with Gasteiger partial charge in [-0.2, -0.15) is 0 Å². The number of Topliss-reactive ketones (excluding diaryl/α,β-unsaturated/α-hetero) is 1. The van der Waals surface area contributed by atoms with Gasteiger partial charge >= 0.3 is 0 Å². The van der Waals surface area contributed by atoms with Crippen LogP contribution < -0.4 is 10.2 Å². The van der Waals surface area contributed by atoms with E-state index in [1.54, 1.807) is 12.1 Å². The van der Waals surface area contributed by atoms with Crippen LogP contribution in [-0.2, 0) is 0 Å². The number of carbonyl (C=O) groups is 1. The van der Waals surface area contributed by atoms with Gasteiger partial charge in [-0.05, 0) is 42.0 Å². The third kappa shape index (κ3) is 3.90. The van der Waals surface area contributed by atoms with Crippen LogP contribution in [0.2, 0.25) is 0 Å². The van der Waals surface area contributed by atoms with Crippen LogP contribution in [0.25, 0.3) is 33.4 Å². The minimum Gasteiger partial charge on any atom is -0.508 e. The van der Waals surface area contributed by atoms with Gasteiger partial charge in [0.25, 0.3) is 0 Å². The molecule has 0 aliphatic carbocycles. The Morgan fingerprint density at radius 3 is 1.95 bits per heavy atom. The summed E-state index contributed by atoms with van der Waals surface area (Å²) in [4.78, 5) is 26.2. The summed E-state index contributed by atoms with van der Waals surface area (Å²) in [5.41, 5.74) is -0.864. The van der Waals surface area contributed by atoms with E-state index in [1.165, 1.54) is 36.4 Å². The predicted molar refractivity (Wildman–Crippen MR) is 142 cm³/mol. The molecule has 0 radical (unpaired) electrons. The van der Waals surface area contributed by atoms with Gasteiger partial charge in [-0.15, -0.1) is 0 Å². The first-order valence-electron chi connectivity index (χ1n) is 12.0. The Labute approximate surface area is 224 Å². The zero-order chi connectivity index (χ0) is 28.3. The van der Waals surface area contributed by atoms with Gasteiger partial charge in [-0.3, -0.25) is 9.59 Å². The monoisotopic (exact) mass is 540 g/mol. The van der Waals surface area contributed by atoms with Gasteiger partial charge in [-0.1, -0.05) is 12.1 Å². The van der Waals surface area contributed by atoms with Gasteiger partial charge in [-0.25, -0.2) is 0 Å². The Bertz CT molecular complexity index is 1890. The molecule has 1 aliphatic rings. The molecule has 2 heterocycles. The molecule has 0 saturated carbocycles. The summed E-state index contributed by atoms with van der Waals surface area (Å²) < 4.78 is 11.8. The third-order valence-electron chi connectivity index (χ3n) is 6.79. The van der Waals surface area contributed by atoms with Gasteiger partial charge in [0.05, 0.1) is 17.5 Å². The number of aromatic hydroxyl groups is 6. The van der Waals surface area contributed by atoms with Crippen molar-refractivity contribution in [3.8, 4) is 62.7 Å². The molecule has 0 amide bonds. The van der Waals surface area contributed by atoms with Gasteiger partial charge in [0, 0.05) is 23.8 Å². The number of hydrogen-bond acceptors (Lipinski definition) is 10. The minimum atomic E-state index is -0.886. The minimum absolute atomic E-state index is 0.000623. The van der Waals surface area contributed by atoms with E-state index in [2.05, 4.69) is 0 Å².